The molecule has 3 saturated heterocycles. The summed E-state index contributed by atoms with van der Waals surface area (Å²) in [5, 5.41) is 11.5. The lowest BCUT2D eigenvalue weighted by Crippen LogP contribution is -3.14. The molecule has 28 heavy (non-hydrogen) atoms. The molecule has 0 unspecified atom stereocenters. The Hall–Kier alpha value is -0.950. The number of hydrogen-bond donors (Lipinski definition) is 2. The largest absolute Gasteiger partial charge is 0.461 e. The molecule has 0 radical (unpaired) electrons. The van der Waals surface area contributed by atoms with E-state index in [0.29, 0.717) is 19.1 Å². The van der Waals surface area contributed by atoms with Crippen molar-refractivity contribution in [1.82, 2.24) is 0 Å². The number of esters is 1. The van der Waals surface area contributed by atoms with Gasteiger partial charge in [0.25, 0.3) is 0 Å². The third-order valence-corrected chi connectivity index (χ3v) is 8.61. The van der Waals surface area contributed by atoms with E-state index in [1.54, 1.807) is 0 Å². The van der Waals surface area contributed by atoms with Crippen LogP contribution in [-0.4, -0.2) is 61.9 Å². The highest BCUT2D eigenvalue weighted by Crippen LogP contribution is 2.55. The summed E-state index contributed by atoms with van der Waals surface area (Å²) in [7, 11) is 0. The zero-order valence-electron chi connectivity index (χ0n) is 17.1. The van der Waals surface area contributed by atoms with Crippen LogP contribution in [0, 0.1) is 23.2 Å². The molecule has 1 spiro atoms. The molecular formula is C22H34NO5+. The number of carbonyl (C=O) groups is 1. The van der Waals surface area contributed by atoms with E-state index in [0.717, 1.165) is 51.7 Å². The van der Waals surface area contributed by atoms with Crippen molar-refractivity contribution in [2.75, 3.05) is 32.8 Å². The van der Waals surface area contributed by atoms with Crippen molar-refractivity contribution in [2.45, 2.75) is 63.9 Å². The van der Waals surface area contributed by atoms with Gasteiger partial charge in [-0.25, -0.2) is 0 Å². The predicted octanol–water partition coefficient (Wildman–Crippen LogP) is 0.693. The topological polar surface area (TPSA) is 69.4 Å². The molecule has 0 bridgehead atoms. The van der Waals surface area contributed by atoms with Crippen LogP contribution in [0.25, 0.3) is 0 Å². The van der Waals surface area contributed by atoms with Crippen molar-refractivity contribution in [2.24, 2.45) is 23.2 Å². The van der Waals surface area contributed by atoms with E-state index >= 15 is 0 Å². The lowest BCUT2D eigenvalue weighted by molar-refractivity contribution is -0.911. The van der Waals surface area contributed by atoms with E-state index in [9.17, 15) is 9.90 Å². The van der Waals surface area contributed by atoms with Crippen LogP contribution in [0.5, 0.6) is 0 Å². The summed E-state index contributed by atoms with van der Waals surface area (Å²) in [5.41, 5.74) is 1.08. The summed E-state index contributed by atoms with van der Waals surface area (Å²) in [6.07, 6.45) is 6.34. The van der Waals surface area contributed by atoms with Crippen molar-refractivity contribution >= 4 is 5.97 Å². The highest BCUT2D eigenvalue weighted by atomic mass is 16.7. The number of hydrogen-bond acceptors (Lipinski definition) is 5. The van der Waals surface area contributed by atoms with Crippen LogP contribution in [0.3, 0.4) is 0 Å². The van der Waals surface area contributed by atoms with Gasteiger partial charge in [-0.05, 0) is 18.8 Å². The minimum atomic E-state index is -0.513. The molecule has 1 saturated carbocycles. The normalized spacial score (nSPS) is 45.5. The van der Waals surface area contributed by atoms with Gasteiger partial charge >= 0.3 is 5.97 Å². The Morgan fingerprint density at radius 1 is 1.25 bits per heavy atom. The van der Waals surface area contributed by atoms with Crippen molar-refractivity contribution in [1.29, 1.82) is 0 Å². The summed E-state index contributed by atoms with van der Waals surface area (Å²) in [6, 6.07) is 0. The average Bonchev–Trinajstić information content (AvgIpc) is 3.25. The molecule has 0 aromatic rings. The maximum absolute atomic E-state index is 12.8. The molecule has 3 aliphatic heterocycles. The number of carbonyl (C=O) groups excluding carboxylic acids is 1. The molecule has 2 N–H and O–H groups in total. The molecule has 156 valence electrons. The molecule has 6 nitrogen and oxygen atoms in total. The second-order valence-corrected chi connectivity index (χ2v) is 9.86. The van der Waals surface area contributed by atoms with E-state index in [1.807, 2.05) is 0 Å². The van der Waals surface area contributed by atoms with Gasteiger partial charge in [0.1, 0.15) is 12.0 Å². The van der Waals surface area contributed by atoms with Gasteiger partial charge in [0.2, 0.25) is 0 Å². The van der Waals surface area contributed by atoms with Crippen molar-refractivity contribution < 1.29 is 29.0 Å². The van der Waals surface area contributed by atoms with Crippen molar-refractivity contribution in [3.05, 3.63) is 11.6 Å². The first-order chi connectivity index (χ1) is 13.4. The number of piperidine rings is 1. The van der Waals surface area contributed by atoms with Gasteiger partial charge in [0.15, 0.2) is 5.79 Å². The second kappa shape index (κ2) is 6.79. The number of nitrogens with one attached hydrogen (secondary N) is 1. The Morgan fingerprint density at radius 2 is 1.96 bits per heavy atom. The summed E-state index contributed by atoms with van der Waals surface area (Å²) in [5.74, 6) is -0.346. The SMILES string of the molecule is C[C@@H]1CCC=C2C[C@H]3OC(=O)[C@H](C[NH+]4CCC5(CC4)OCCO5)[C@H]3[C@@H](O)[C@@]21C. The molecule has 3 heterocycles. The standard InChI is InChI=1S/C22H33NO5/c1-14-4-3-5-15-12-17-18(19(24)21(14,15)2)16(20(25)28-17)13-23-8-6-22(7-9-23)26-10-11-27-22/h5,14,16-19,24H,3-4,6-13H2,1-2H3/p+1/t14-,16-,17-,18-,19-,21-/m1/s1. The maximum atomic E-state index is 12.8. The van der Waals surface area contributed by atoms with Crippen molar-refractivity contribution in [3.63, 3.8) is 0 Å². The van der Waals surface area contributed by atoms with Gasteiger partial charge in [0.05, 0.1) is 51.8 Å². The maximum Gasteiger partial charge on any atom is 0.315 e. The Labute approximate surface area is 167 Å². The number of ether oxygens (including phenoxy) is 3. The zero-order valence-corrected chi connectivity index (χ0v) is 17.1. The van der Waals surface area contributed by atoms with Gasteiger partial charge in [-0.2, -0.15) is 0 Å². The quantitative estimate of drug-likeness (QED) is 0.535. The monoisotopic (exact) mass is 392 g/mol. The molecular weight excluding hydrogens is 358 g/mol. The third kappa shape index (κ3) is 2.79. The second-order valence-electron chi connectivity index (χ2n) is 9.86. The molecule has 6 atom stereocenters. The Morgan fingerprint density at radius 3 is 2.68 bits per heavy atom. The summed E-state index contributed by atoms with van der Waals surface area (Å²) < 4.78 is 17.5. The first kappa shape index (κ1) is 19.0. The fourth-order valence-corrected chi connectivity index (χ4v) is 6.58. The van der Waals surface area contributed by atoms with Gasteiger partial charge < -0.3 is 24.2 Å². The van der Waals surface area contributed by atoms with Gasteiger partial charge in [-0.15, -0.1) is 0 Å². The Kier molecular flexibility index (Phi) is 4.62. The minimum Gasteiger partial charge on any atom is -0.461 e. The molecule has 0 aromatic carbocycles. The van der Waals surface area contributed by atoms with Gasteiger partial charge in [-0.1, -0.05) is 25.5 Å². The predicted molar refractivity (Wildman–Crippen MR) is 102 cm³/mol. The molecule has 4 fully saturated rings. The number of fused-ring (bicyclic) bond motifs is 2. The fourth-order valence-electron chi connectivity index (χ4n) is 6.58. The summed E-state index contributed by atoms with van der Waals surface area (Å²) in [6.45, 7) is 8.46. The molecule has 0 aromatic heterocycles. The molecule has 0 amide bonds. The smallest absolute Gasteiger partial charge is 0.315 e. The lowest BCUT2D eigenvalue weighted by Gasteiger charge is -2.51. The molecule has 5 rings (SSSR count). The van der Waals surface area contributed by atoms with Crippen LogP contribution in [-0.2, 0) is 19.0 Å². The minimum absolute atomic E-state index is 0.0856. The first-order valence-corrected chi connectivity index (χ1v) is 11.1. The summed E-state index contributed by atoms with van der Waals surface area (Å²) >= 11 is 0. The van der Waals surface area contributed by atoms with Gasteiger partial charge in [0, 0.05) is 17.8 Å². The number of aliphatic hydroxyl groups excluding tert-OH is 1. The highest BCUT2D eigenvalue weighted by Gasteiger charge is 2.60. The van der Waals surface area contributed by atoms with Crippen LogP contribution in [0.1, 0.15) is 46.0 Å². The van der Waals surface area contributed by atoms with Crippen LogP contribution < -0.4 is 4.90 Å². The third-order valence-electron chi connectivity index (χ3n) is 8.61. The molecule has 6 heteroatoms. The van der Waals surface area contributed by atoms with Crippen LogP contribution in [0.2, 0.25) is 0 Å². The highest BCUT2D eigenvalue weighted by molar-refractivity contribution is 5.76. The Bertz CT molecular complexity index is 662. The number of rotatable bonds is 2. The molecule has 2 aliphatic carbocycles. The molecule has 5 aliphatic rings. The van der Waals surface area contributed by atoms with E-state index < -0.39 is 6.10 Å². The zero-order chi connectivity index (χ0) is 19.5. The number of likely N-dealkylation sites (tertiary alicyclic amines) is 1. The van der Waals surface area contributed by atoms with Crippen LogP contribution in [0.4, 0.5) is 0 Å². The fraction of sp³-hybridized carbons (Fsp3) is 0.864. The number of allylic oxidation sites excluding steroid dienone is 1. The average molecular weight is 393 g/mol. The van der Waals surface area contributed by atoms with E-state index in [4.69, 9.17) is 14.2 Å². The first-order valence-electron chi connectivity index (χ1n) is 11.1. The van der Waals surface area contributed by atoms with E-state index in [2.05, 4.69) is 19.9 Å². The summed E-state index contributed by atoms with van der Waals surface area (Å²) in [4.78, 5) is 14.2. The van der Waals surface area contributed by atoms with Crippen molar-refractivity contribution in [3.8, 4) is 0 Å². The van der Waals surface area contributed by atoms with Crippen LogP contribution in [0.15, 0.2) is 11.6 Å². The number of aliphatic hydroxyl groups is 1. The van der Waals surface area contributed by atoms with Crippen LogP contribution >= 0.6 is 0 Å². The van der Waals surface area contributed by atoms with Gasteiger partial charge in [-0.3, -0.25) is 4.79 Å². The lowest BCUT2D eigenvalue weighted by atomic mass is 9.55. The Balaban J connectivity index is 1.31. The van der Waals surface area contributed by atoms with E-state index in [-0.39, 0.29) is 35.1 Å². The number of quaternary nitrogens is 1. The van der Waals surface area contributed by atoms with E-state index in [1.165, 1.54) is 10.5 Å².